The van der Waals surface area contributed by atoms with Crippen LogP contribution in [0, 0.1) is 23.7 Å². The van der Waals surface area contributed by atoms with Crippen LogP contribution in [-0.2, 0) is 9.47 Å². The largest absolute Gasteiger partial charge is 0.493 e. The first-order valence-electron chi connectivity index (χ1n) is 14.1. The fourth-order valence-electron chi connectivity index (χ4n) is 6.27. The number of anilines is 1. The van der Waals surface area contributed by atoms with E-state index < -0.39 is 0 Å². The minimum Gasteiger partial charge on any atom is -0.493 e. The quantitative estimate of drug-likeness (QED) is 0.363. The highest BCUT2D eigenvalue weighted by molar-refractivity contribution is 6.33. The first-order chi connectivity index (χ1) is 20.1. The lowest BCUT2D eigenvalue weighted by molar-refractivity contribution is -0.237. The van der Waals surface area contributed by atoms with Crippen molar-refractivity contribution in [2.24, 2.45) is 23.7 Å². The molecule has 1 saturated carbocycles. The lowest BCUT2D eigenvalue weighted by atomic mass is 9.61. The van der Waals surface area contributed by atoms with Crippen molar-refractivity contribution in [3.8, 4) is 23.0 Å². The van der Waals surface area contributed by atoms with Gasteiger partial charge in [0.2, 0.25) is 0 Å². The number of hydrogen-bond acceptors (Lipinski definition) is 8. The lowest BCUT2D eigenvalue weighted by Gasteiger charge is -2.55. The third kappa shape index (κ3) is 5.25. The molecule has 1 aromatic heterocycles. The number of nitrogens with zero attached hydrogens (tertiary/aromatic N) is 2. The molecule has 1 aliphatic carbocycles. The molecule has 0 bridgehead atoms. The summed E-state index contributed by atoms with van der Waals surface area (Å²) in [6.07, 6.45) is 2.20. The molecule has 41 heavy (non-hydrogen) atoms. The highest BCUT2D eigenvalue weighted by Crippen LogP contribution is 2.53. The number of halogens is 1. The third-order valence-corrected chi connectivity index (χ3v) is 9.00. The Morgan fingerprint density at radius 2 is 1.95 bits per heavy atom. The predicted octanol–water partition coefficient (Wildman–Crippen LogP) is 4.41. The summed E-state index contributed by atoms with van der Waals surface area (Å²) in [6, 6.07) is 10.4. The Morgan fingerprint density at radius 3 is 2.68 bits per heavy atom. The van der Waals surface area contributed by atoms with Crippen LogP contribution in [0.1, 0.15) is 0 Å². The van der Waals surface area contributed by atoms with Gasteiger partial charge in [-0.2, -0.15) is 0 Å². The third-order valence-electron chi connectivity index (χ3n) is 8.69. The van der Waals surface area contributed by atoms with E-state index in [2.05, 4.69) is 20.5 Å². The number of aromatic nitrogens is 1. The van der Waals surface area contributed by atoms with Gasteiger partial charge in [0.1, 0.15) is 18.1 Å². The first-order valence-corrected chi connectivity index (χ1v) is 14.5. The Hall–Kier alpha value is -3.31. The molecular weight excluding hydrogens is 548 g/mol. The summed E-state index contributed by atoms with van der Waals surface area (Å²) < 4.78 is 28.9. The van der Waals surface area contributed by atoms with Gasteiger partial charge in [0.05, 0.1) is 49.3 Å². The van der Waals surface area contributed by atoms with Crippen LogP contribution < -0.4 is 24.8 Å². The van der Waals surface area contributed by atoms with Crippen LogP contribution in [0.5, 0.6) is 23.0 Å². The standard InChI is InChI=1S/C30H33ClN4O6/c1-37-27-9-19-25(10-28(27)39-7-6-35-12-20-21(13-35)29-22(20)16-40-29)32-5-4-26(19)41-18-2-3-24(23(31)8-18)34-30(36)33-11-17-14-38-15-17/h2-5,8-10,17,20-22,29H,6-7,11-16H2,1H3,(H2,33,34,36). The smallest absolute Gasteiger partial charge is 0.319 e. The minimum atomic E-state index is -0.313. The maximum absolute atomic E-state index is 12.2. The van der Waals surface area contributed by atoms with E-state index in [0.29, 0.717) is 78.0 Å². The lowest BCUT2D eigenvalue weighted by Crippen LogP contribution is -2.61. The molecule has 3 aliphatic heterocycles. The number of nitrogens with one attached hydrogen (secondary N) is 2. The monoisotopic (exact) mass is 580 g/mol. The topological polar surface area (TPSA) is 103 Å². The van der Waals surface area contributed by atoms with Gasteiger partial charge in [0.25, 0.3) is 0 Å². The fourth-order valence-corrected chi connectivity index (χ4v) is 6.49. The second kappa shape index (κ2) is 11.2. The van der Waals surface area contributed by atoms with Gasteiger partial charge < -0.3 is 34.3 Å². The van der Waals surface area contributed by atoms with Gasteiger partial charge in [-0.05, 0) is 30.2 Å². The number of ether oxygens (including phenoxy) is 5. The average Bonchev–Trinajstić information content (AvgIpc) is 3.27. The van der Waals surface area contributed by atoms with Crippen molar-refractivity contribution in [2.45, 2.75) is 6.10 Å². The van der Waals surface area contributed by atoms with Crippen molar-refractivity contribution in [1.29, 1.82) is 0 Å². The average molecular weight is 581 g/mol. The number of fused-ring (bicyclic) bond motifs is 5. The number of amides is 2. The van der Waals surface area contributed by atoms with Gasteiger partial charge in [0.15, 0.2) is 11.5 Å². The number of likely N-dealkylation sites (tertiary alicyclic amines) is 1. The van der Waals surface area contributed by atoms with Gasteiger partial charge in [-0.15, -0.1) is 0 Å². The summed E-state index contributed by atoms with van der Waals surface area (Å²) in [5.74, 6) is 5.02. The zero-order valence-corrected chi connectivity index (χ0v) is 23.6. The number of carbonyl (C=O) groups excluding carboxylic acids is 1. The molecule has 4 aliphatic rings. The number of methoxy groups -OCH3 is 1. The molecule has 0 spiro atoms. The molecule has 0 radical (unpaired) electrons. The van der Waals surface area contributed by atoms with Crippen molar-refractivity contribution in [3.05, 3.63) is 47.6 Å². The van der Waals surface area contributed by atoms with Crippen molar-refractivity contribution < 1.29 is 28.5 Å². The maximum atomic E-state index is 12.2. The van der Waals surface area contributed by atoms with Crippen LogP contribution in [0.3, 0.4) is 0 Å². The van der Waals surface area contributed by atoms with Gasteiger partial charge in [-0.1, -0.05) is 11.6 Å². The number of pyridine rings is 1. The predicted molar refractivity (Wildman–Crippen MR) is 153 cm³/mol. The van der Waals surface area contributed by atoms with Gasteiger partial charge >= 0.3 is 6.03 Å². The minimum absolute atomic E-state index is 0.313. The van der Waals surface area contributed by atoms with Crippen LogP contribution in [0.25, 0.3) is 10.9 Å². The van der Waals surface area contributed by atoms with Crippen molar-refractivity contribution >= 4 is 34.2 Å². The number of hydrogen-bond donors (Lipinski definition) is 2. The van der Waals surface area contributed by atoms with Crippen molar-refractivity contribution in [1.82, 2.24) is 15.2 Å². The molecule has 2 amide bonds. The molecule has 10 nitrogen and oxygen atoms in total. The second-order valence-corrected chi connectivity index (χ2v) is 11.6. The summed E-state index contributed by atoms with van der Waals surface area (Å²) in [5.41, 5.74) is 1.22. The van der Waals surface area contributed by atoms with E-state index in [9.17, 15) is 4.79 Å². The molecule has 2 N–H and O–H groups in total. The van der Waals surface area contributed by atoms with E-state index in [0.717, 1.165) is 49.0 Å². The zero-order chi connectivity index (χ0) is 27.9. The van der Waals surface area contributed by atoms with Crippen LogP contribution in [-0.4, -0.2) is 81.7 Å². The molecule has 3 saturated heterocycles. The zero-order valence-electron chi connectivity index (χ0n) is 22.8. The van der Waals surface area contributed by atoms with Crippen LogP contribution in [0.2, 0.25) is 5.02 Å². The van der Waals surface area contributed by atoms with E-state index in [-0.39, 0.29) is 6.03 Å². The van der Waals surface area contributed by atoms with E-state index in [1.807, 2.05) is 12.1 Å². The normalized spacial score (nSPS) is 24.8. The molecule has 3 aromatic rings. The van der Waals surface area contributed by atoms with Gasteiger partial charge in [-0.3, -0.25) is 9.88 Å². The molecule has 2 aromatic carbocycles. The Kier molecular flexibility index (Phi) is 7.24. The summed E-state index contributed by atoms with van der Waals surface area (Å²) >= 11 is 6.46. The number of urea groups is 1. The molecule has 4 unspecified atom stereocenters. The van der Waals surface area contributed by atoms with Gasteiger partial charge in [-0.25, -0.2) is 4.79 Å². The van der Waals surface area contributed by atoms with E-state index >= 15 is 0 Å². The highest BCUT2D eigenvalue weighted by Gasteiger charge is 2.60. The summed E-state index contributed by atoms with van der Waals surface area (Å²) in [5, 5.41) is 6.75. The molecule has 4 atom stereocenters. The summed E-state index contributed by atoms with van der Waals surface area (Å²) in [6.45, 7) is 6.52. The molecular formula is C30H33ClN4O6. The number of rotatable bonds is 10. The SMILES string of the molecule is COc1cc2c(Oc3ccc(NC(=O)NCC4COC4)c(Cl)c3)ccnc2cc1OCCN1CC2C3COC3C2C1. The number of benzene rings is 2. The Labute approximate surface area is 243 Å². The van der Waals surface area contributed by atoms with Crippen LogP contribution in [0.4, 0.5) is 10.5 Å². The Balaban J connectivity index is 0.990. The molecule has 4 heterocycles. The fraction of sp³-hybridized carbons (Fsp3) is 0.467. The summed E-state index contributed by atoms with van der Waals surface area (Å²) in [4.78, 5) is 19.2. The van der Waals surface area contributed by atoms with E-state index in [1.54, 1.807) is 37.6 Å². The Morgan fingerprint density at radius 1 is 1.07 bits per heavy atom. The highest BCUT2D eigenvalue weighted by atomic mass is 35.5. The summed E-state index contributed by atoms with van der Waals surface area (Å²) in [7, 11) is 1.63. The van der Waals surface area contributed by atoms with E-state index in [4.69, 9.17) is 35.3 Å². The van der Waals surface area contributed by atoms with Crippen molar-refractivity contribution in [2.75, 3.05) is 65.0 Å². The molecule has 4 fully saturated rings. The second-order valence-electron chi connectivity index (χ2n) is 11.2. The molecule has 11 heteroatoms. The van der Waals surface area contributed by atoms with Crippen molar-refractivity contribution in [3.63, 3.8) is 0 Å². The first kappa shape index (κ1) is 26.6. The molecule has 216 valence electrons. The number of carbonyl (C=O) groups is 1. The van der Waals surface area contributed by atoms with Crippen LogP contribution >= 0.6 is 11.6 Å². The van der Waals surface area contributed by atoms with Gasteiger partial charge in [0, 0.05) is 67.6 Å². The van der Waals surface area contributed by atoms with E-state index in [1.165, 1.54) is 0 Å². The maximum Gasteiger partial charge on any atom is 0.319 e. The van der Waals surface area contributed by atoms with Crippen LogP contribution in [0.15, 0.2) is 42.6 Å². The molecule has 7 rings (SSSR count). The Bertz CT molecular complexity index is 1430.